The molecule has 0 atom stereocenters. The Labute approximate surface area is 90.0 Å². The molecule has 0 aliphatic rings. The average molecular weight is 202 g/mol. The van der Waals surface area contributed by atoms with Gasteiger partial charge in [0.15, 0.2) is 0 Å². The normalized spacial score (nSPS) is 9.50. The average Bonchev–Trinajstić information content (AvgIpc) is 2.26. The van der Waals surface area contributed by atoms with Gasteiger partial charge in [0.25, 0.3) is 0 Å². The zero-order valence-corrected chi connectivity index (χ0v) is 9.23. The van der Waals surface area contributed by atoms with Crippen LogP contribution in [0, 0.1) is 0 Å². The van der Waals surface area contributed by atoms with Crippen LogP contribution in [0.2, 0.25) is 0 Å². The molecule has 14 heavy (non-hydrogen) atoms. The first-order valence-electron chi connectivity index (χ1n) is 4.36. The largest absolute Gasteiger partial charge is 0.129 e. The maximum absolute atomic E-state index is 3.83. The van der Waals surface area contributed by atoms with Crippen LogP contribution in [0.5, 0.6) is 0 Å². The first-order chi connectivity index (χ1) is 6.78. The Bertz CT molecular complexity index is 375. The monoisotopic (exact) mass is 202 g/mol. The summed E-state index contributed by atoms with van der Waals surface area (Å²) in [6.07, 6.45) is 7.63. The van der Waals surface area contributed by atoms with E-state index in [4.69, 9.17) is 0 Å². The van der Waals surface area contributed by atoms with Gasteiger partial charge >= 0.3 is 0 Å². The lowest BCUT2D eigenvalue weighted by Gasteiger charge is -2.10. The molecule has 0 spiro atoms. The molecule has 0 fully saturated rings. The molecule has 1 rings (SSSR count). The molecule has 0 amide bonds. The number of rotatable bonds is 4. The third-order valence-electron chi connectivity index (χ3n) is 2.13. The quantitative estimate of drug-likeness (QED) is 0.654. The van der Waals surface area contributed by atoms with Crippen molar-refractivity contribution in [1.29, 1.82) is 0 Å². The molecule has 0 aliphatic carbocycles. The van der Waals surface area contributed by atoms with Gasteiger partial charge in [-0.3, -0.25) is 0 Å². The van der Waals surface area contributed by atoms with Crippen LogP contribution in [0.3, 0.4) is 0 Å². The molecule has 1 aromatic rings. The summed E-state index contributed by atoms with van der Waals surface area (Å²) in [6, 6.07) is 4.15. The second-order valence-corrected chi connectivity index (χ2v) is 3.64. The van der Waals surface area contributed by atoms with Gasteiger partial charge in [-0.2, -0.15) is 0 Å². The Kier molecular flexibility index (Phi) is 3.78. The van der Waals surface area contributed by atoms with E-state index in [1.165, 1.54) is 4.90 Å². The van der Waals surface area contributed by atoms with E-state index >= 15 is 0 Å². The van der Waals surface area contributed by atoms with E-state index in [-0.39, 0.29) is 0 Å². The third-order valence-corrected chi connectivity index (χ3v) is 2.92. The molecule has 1 heteroatoms. The molecule has 0 nitrogen and oxygen atoms in total. The van der Waals surface area contributed by atoms with E-state index < -0.39 is 0 Å². The molecule has 0 radical (unpaired) electrons. The van der Waals surface area contributed by atoms with E-state index in [1.807, 2.05) is 18.2 Å². The molecule has 0 saturated heterocycles. The first kappa shape index (κ1) is 10.9. The number of hydrogen-bond acceptors (Lipinski definition) is 1. The van der Waals surface area contributed by atoms with Crippen LogP contribution in [0.25, 0.3) is 18.2 Å². The number of thioether (sulfide) groups is 1. The lowest BCUT2D eigenvalue weighted by Crippen LogP contribution is -1.88. The first-order valence-corrected chi connectivity index (χ1v) is 5.59. The van der Waals surface area contributed by atoms with Gasteiger partial charge in [0.1, 0.15) is 0 Å². The van der Waals surface area contributed by atoms with Gasteiger partial charge in [0, 0.05) is 4.90 Å². The summed E-state index contributed by atoms with van der Waals surface area (Å²) in [5.41, 5.74) is 3.36. The van der Waals surface area contributed by atoms with Gasteiger partial charge in [0.05, 0.1) is 0 Å². The number of hydrogen-bond donors (Lipinski definition) is 0. The van der Waals surface area contributed by atoms with Crippen molar-refractivity contribution in [3.63, 3.8) is 0 Å². The minimum Gasteiger partial charge on any atom is -0.129 e. The second-order valence-electron chi connectivity index (χ2n) is 2.80. The Morgan fingerprint density at radius 3 is 2.07 bits per heavy atom. The van der Waals surface area contributed by atoms with Crippen molar-refractivity contribution < 1.29 is 0 Å². The molecule has 0 aliphatic heterocycles. The highest BCUT2D eigenvalue weighted by Crippen LogP contribution is 2.28. The Balaban J connectivity index is 3.50. The fraction of sp³-hybridized carbons (Fsp3) is 0.0769. The van der Waals surface area contributed by atoms with Crippen molar-refractivity contribution in [2.75, 3.05) is 6.26 Å². The van der Waals surface area contributed by atoms with Crippen molar-refractivity contribution in [3.05, 3.63) is 48.6 Å². The van der Waals surface area contributed by atoms with Crippen LogP contribution >= 0.6 is 11.8 Å². The van der Waals surface area contributed by atoms with Crippen LogP contribution in [-0.2, 0) is 0 Å². The minimum absolute atomic E-state index is 1.10. The SMILES string of the molecule is C=Cc1ccc(SC)c(C=C)c1C=C. The zero-order chi connectivity index (χ0) is 10.6. The van der Waals surface area contributed by atoms with E-state index in [1.54, 1.807) is 11.8 Å². The summed E-state index contributed by atoms with van der Waals surface area (Å²) in [7, 11) is 0. The highest BCUT2D eigenvalue weighted by molar-refractivity contribution is 7.98. The molecule has 0 saturated carbocycles. The predicted octanol–water partition coefficient (Wildman–Crippen LogP) is 4.34. The van der Waals surface area contributed by atoms with E-state index in [0.717, 1.165) is 16.7 Å². The van der Waals surface area contributed by atoms with E-state index in [9.17, 15) is 0 Å². The van der Waals surface area contributed by atoms with Gasteiger partial charge < -0.3 is 0 Å². The highest BCUT2D eigenvalue weighted by Gasteiger charge is 2.05. The van der Waals surface area contributed by atoms with Crippen molar-refractivity contribution in [2.45, 2.75) is 4.90 Å². The van der Waals surface area contributed by atoms with Gasteiger partial charge in [-0.25, -0.2) is 0 Å². The Morgan fingerprint density at radius 2 is 1.64 bits per heavy atom. The lowest BCUT2D eigenvalue weighted by molar-refractivity contribution is 1.39. The van der Waals surface area contributed by atoms with Crippen molar-refractivity contribution in [2.24, 2.45) is 0 Å². The summed E-state index contributed by atoms with van der Waals surface area (Å²) in [4.78, 5) is 1.22. The molecule has 72 valence electrons. The molecule has 0 N–H and O–H groups in total. The number of benzene rings is 1. The topological polar surface area (TPSA) is 0 Å². The van der Waals surface area contributed by atoms with Crippen LogP contribution < -0.4 is 0 Å². The maximum Gasteiger partial charge on any atom is 0.0148 e. The van der Waals surface area contributed by atoms with E-state index in [2.05, 4.69) is 38.1 Å². The third kappa shape index (κ3) is 1.83. The molecule has 0 heterocycles. The van der Waals surface area contributed by atoms with Gasteiger partial charge in [-0.15, -0.1) is 11.8 Å². The molecule has 0 unspecified atom stereocenters. The van der Waals surface area contributed by atoms with Crippen LogP contribution in [0.15, 0.2) is 36.8 Å². The minimum atomic E-state index is 1.10. The zero-order valence-electron chi connectivity index (χ0n) is 8.42. The van der Waals surface area contributed by atoms with Crippen molar-refractivity contribution >= 4 is 30.0 Å². The molecule has 0 bridgehead atoms. The van der Waals surface area contributed by atoms with Crippen LogP contribution in [0.1, 0.15) is 16.7 Å². The lowest BCUT2D eigenvalue weighted by atomic mass is 10.0. The Hall–Kier alpha value is -1.21. The van der Waals surface area contributed by atoms with Crippen molar-refractivity contribution in [3.8, 4) is 0 Å². The summed E-state index contributed by atoms with van der Waals surface area (Å²) in [5, 5.41) is 0. The molecular formula is C13H14S. The summed E-state index contributed by atoms with van der Waals surface area (Å²) in [5.74, 6) is 0. The summed E-state index contributed by atoms with van der Waals surface area (Å²) in [6.45, 7) is 11.4. The van der Waals surface area contributed by atoms with E-state index in [0.29, 0.717) is 0 Å². The fourth-order valence-electron chi connectivity index (χ4n) is 1.43. The van der Waals surface area contributed by atoms with Gasteiger partial charge in [-0.05, 0) is 29.0 Å². The summed E-state index contributed by atoms with van der Waals surface area (Å²) >= 11 is 1.72. The van der Waals surface area contributed by atoms with Crippen molar-refractivity contribution in [1.82, 2.24) is 0 Å². The van der Waals surface area contributed by atoms with Crippen LogP contribution in [0.4, 0.5) is 0 Å². The second kappa shape index (κ2) is 4.87. The standard InChI is InChI=1S/C13H14S/c1-5-10-8-9-13(14-4)12(7-3)11(10)6-2/h5-9H,1-3H2,4H3. The van der Waals surface area contributed by atoms with Gasteiger partial charge in [0.2, 0.25) is 0 Å². The molecular weight excluding hydrogens is 188 g/mol. The fourth-order valence-corrected chi connectivity index (χ4v) is 2.04. The molecule has 0 aromatic heterocycles. The maximum atomic E-state index is 3.83. The van der Waals surface area contributed by atoms with Gasteiger partial charge in [-0.1, -0.05) is 44.0 Å². The molecule has 1 aromatic carbocycles. The van der Waals surface area contributed by atoms with Crippen LogP contribution in [-0.4, -0.2) is 6.26 Å². The summed E-state index contributed by atoms with van der Waals surface area (Å²) < 4.78 is 0. The highest BCUT2D eigenvalue weighted by atomic mass is 32.2. The smallest absolute Gasteiger partial charge is 0.0148 e. The Morgan fingerprint density at radius 1 is 1.00 bits per heavy atom. The predicted molar refractivity (Wildman–Crippen MR) is 68.5 cm³/mol.